The Morgan fingerprint density at radius 2 is 1.21 bits per heavy atom. The average Bonchev–Trinajstić information content (AvgIpc) is 2.64. The van der Waals surface area contributed by atoms with Gasteiger partial charge in [-0.1, -0.05) is 99.2 Å². The van der Waals surface area contributed by atoms with Crippen molar-refractivity contribution in [3.8, 4) is 0 Å². The van der Waals surface area contributed by atoms with Crippen molar-refractivity contribution in [2.45, 2.75) is 44.8 Å². The van der Waals surface area contributed by atoms with Gasteiger partial charge in [0, 0.05) is 5.24 Å². The summed E-state index contributed by atoms with van der Waals surface area (Å²) in [5, 5.41) is -1.02. The minimum absolute atomic E-state index is 0.368. The van der Waals surface area contributed by atoms with E-state index in [9.17, 15) is 0 Å². The Hall–Kier alpha value is -0.560. The molecule has 0 aromatic heterocycles. The highest BCUT2D eigenvalue weighted by molar-refractivity contribution is 8.71. The Morgan fingerprint density at radius 3 is 1.58 bits per heavy atom. The van der Waals surface area contributed by atoms with Crippen LogP contribution in [0.5, 0.6) is 0 Å². The Kier molecular flexibility index (Phi) is 8.59. The summed E-state index contributed by atoms with van der Waals surface area (Å²) in [6, 6.07) is 21.8. The van der Waals surface area contributed by atoms with Gasteiger partial charge in [0.25, 0.3) is 0 Å². The van der Waals surface area contributed by atoms with Gasteiger partial charge < -0.3 is 0 Å². The highest BCUT2D eigenvalue weighted by atomic mass is 32.9. The molecule has 130 valence electrons. The van der Waals surface area contributed by atoms with E-state index in [-0.39, 0.29) is 0 Å². The van der Waals surface area contributed by atoms with Crippen molar-refractivity contribution in [2.24, 2.45) is 0 Å². The van der Waals surface area contributed by atoms with Gasteiger partial charge in [0.05, 0.1) is 5.25 Å². The molecule has 0 amide bonds. The Balaban J connectivity index is 2.30. The fraction of sp³-hybridized carbons (Fsp3) is 0.429. The van der Waals surface area contributed by atoms with Crippen LogP contribution in [0.3, 0.4) is 0 Å². The third-order valence-electron chi connectivity index (χ3n) is 4.21. The summed E-state index contributed by atoms with van der Waals surface area (Å²) >= 11 is 8.39. The van der Waals surface area contributed by atoms with E-state index in [2.05, 4.69) is 85.9 Å². The van der Waals surface area contributed by atoms with Crippen molar-refractivity contribution < 1.29 is 0 Å². The molecule has 2 aromatic rings. The predicted molar refractivity (Wildman–Crippen MR) is 116 cm³/mol. The van der Waals surface area contributed by atoms with E-state index in [1.165, 1.54) is 49.1 Å². The van der Waals surface area contributed by atoms with Crippen molar-refractivity contribution in [2.75, 3.05) is 12.3 Å². The second-order valence-corrected chi connectivity index (χ2v) is 15.0. The molecule has 0 saturated carbocycles. The number of hydrogen-bond acceptors (Lipinski definition) is 2. The first-order valence-electron chi connectivity index (χ1n) is 9.05. The third-order valence-corrected chi connectivity index (χ3v) is 12.1. The molecule has 2 rings (SSSR count). The van der Waals surface area contributed by atoms with E-state index in [0.29, 0.717) is 5.25 Å². The fourth-order valence-electron chi connectivity index (χ4n) is 2.78. The van der Waals surface area contributed by atoms with Gasteiger partial charge in [-0.3, -0.25) is 0 Å². The summed E-state index contributed by atoms with van der Waals surface area (Å²) in [7, 11) is 0. The van der Waals surface area contributed by atoms with Gasteiger partial charge in [0.15, 0.2) is 0 Å². The third kappa shape index (κ3) is 6.06. The van der Waals surface area contributed by atoms with E-state index in [4.69, 9.17) is 11.8 Å². The van der Waals surface area contributed by atoms with Crippen LogP contribution in [0.4, 0.5) is 0 Å². The molecule has 0 spiro atoms. The maximum absolute atomic E-state index is 6.28. The highest BCUT2D eigenvalue weighted by Gasteiger charge is 2.25. The number of unbranched alkanes of at least 4 members (excludes halogenated alkanes) is 2. The monoisotopic (exact) mass is 376 g/mol. The zero-order valence-electron chi connectivity index (χ0n) is 14.9. The summed E-state index contributed by atoms with van der Waals surface area (Å²) in [6.45, 7) is 4.55. The van der Waals surface area contributed by atoms with Crippen LogP contribution >= 0.6 is 16.6 Å². The van der Waals surface area contributed by atoms with Crippen LogP contribution in [-0.4, -0.2) is 12.3 Å². The quantitative estimate of drug-likeness (QED) is 0.394. The van der Waals surface area contributed by atoms with Crippen LogP contribution in [0.15, 0.2) is 60.7 Å². The van der Waals surface area contributed by atoms with Crippen LogP contribution in [0.2, 0.25) is 0 Å². The first kappa shape index (κ1) is 19.8. The largest absolute Gasteiger partial charge is 0.111 e. The van der Waals surface area contributed by atoms with Gasteiger partial charge in [0.1, 0.15) is 0 Å². The van der Waals surface area contributed by atoms with Gasteiger partial charge in [-0.25, -0.2) is 0 Å². The lowest BCUT2D eigenvalue weighted by Crippen LogP contribution is -2.00. The molecule has 2 aromatic carbocycles. The number of rotatable bonds is 10. The normalized spacial score (nSPS) is 11.8. The summed E-state index contributed by atoms with van der Waals surface area (Å²) in [5.74, 6) is 0. The van der Waals surface area contributed by atoms with Gasteiger partial charge in [0.2, 0.25) is 0 Å². The van der Waals surface area contributed by atoms with Crippen molar-refractivity contribution in [3.05, 3.63) is 71.8 Å². The van der Waals surface area contributed by atoms with Crippen LogP contribution < -0.4 is 0 Å². The maximum Gasteiger partial charge on any atom is 0.0595 e. The van der Waals surface area contributed by atoms with Crippen LogP contribution in [0, 0.1) is 0 Å². The molecule has 0 saturated heterocycles. The Morgan fingerprint density at radius 1 is 0.792 bits per heavy atom. The van der Waals surface area contributed by atoms with Gasteiger partial charge in [-0.05, 0) is 36.3 Å². The predicted octanol–water partition coefficient (Wildman–Crippen LogP) is 7.50. The van der Waals surface area contributed by atoms with Crippen molar-refractivity contribution >= 4 is 28.4 Å². The molecule has 0 N–H and O–H groups in total. The summed E-state index contributed by atoms with van der Waals surface area (Å²) in [4.78, 5) is 0. The molecular formula is C21H29PS2. The smallest absolute Gasteiger partial charge is 0.0595 e. The molecule has 3 heteroatoms. The van der Waals surface area contributed by atoms with E-state index < -0.39 is 5.24 Å². The lowest BCUT2D eigenvalue weighted by molar-refractivity contribution is 0.872. The molecule has 0 radical (unpaired) electrons. The summed E-state index contributed by atoms with van der Waals surface area (Å²) in [6.07, 6.45) is 7.49. The molecule has 0 aliphatic rings. The highest BCUT2D eigenvalue weighted by Crippen LogP contribution is 2.66. The molecule has 0 bridgehead atoms. The molecular weight excluding hydrogens is 347 g/mol. The van der Waals surface area contributed by atoms with Gasteiger partial charge >= 0.3 is 0 Å². The first-order valence-corrected chi connectivity index (χ1v) is 13.7. The minimum atomic E-state index is -1.39. The topological polar surface area (TPSA) is 0 Å². The standard InChI is InChI=1S/C21H29PS2/c1-3-5-17-22(23,18-6-4-2)24-21(19-13-9-7-10-14-19)20-15-11-8-12-16-20/h7-16,21H,3-6,17-18H2,1-2H3. The van der Waals surface area contributed by atoms with Gasteiger partial charge in [-0.15, -0.1) is 11.4 Å². The Bertz CT molecular complexity index is 573. The zero-order chi connectivity index (χ0) is 17.3. The van der Waals surface area contributed by atoms with Crippen molar-refractivity contribution in [1.29, 1.82) is 0 Å². The Labute approximate surface area is 157 Å². The van der Waals surface area contributed by atoms with Crippen LogP contribution in [0.1, 0.15) is 55.9 Å². The van der Waals surface area contributed by atoms with Crippen LogP contribution in [-0.2, 0) is 11.8 Å². The molecule has 0 nitrogen and oxygen atoms in total. The van der Waals surface area contributed by atoms with E-state index in [1.807, 2.05) is 0 Å². The van der Waals surface area contributed by atoms with Crippen LogP contribution in [0.25, 0.3) is 0 Å². The lowest BCUT2D eigenvalue weighted by Gasteiger charge is -2.28. The number of benzene rings is 2. The minimum Gasteiger partial charge on any atom is -0.111 e. The van der Waals surface area contributed by atoms with Crippen molar-refractivity contribution in [3.63, 3.8) is 0 Å². The maximum atomic E-state index is 6.28. The zero-order valence-corrected chi connectivity index (χ0v) is 17.4. The summed E-state index contributed by atoms with van der Waals surface area (Å²) in [5.41, 5.74) is 2.77. The van der Waals surface area contributed by atoms with E-state index in [0.717, 1.165) is 0 Å². The molecule has 0 unspecified atom stereocenters. The SMILES string of the molecule is CCCCP(=S)(CCCC)SC(c1ccccc1)c1ccccc1. The molecule has 0 aliphatic heterocycles. The average molecular weight is 377 g/mol. The second kappa shape index (κ2) is 10.4. The summed E-state index contributed by atoms with van der Waals surface area (Å²) < 4.78 is 0. The molecule has 24 heavy (non-hydrogen) atoms. The second-order valence-electron chi connectivity index (χ2n) is 6.28. The first-order chi connectivity index (χ1) is 11.7. The van der Waals surface area contributed by atoms with E-state index >= 15 is 0 Å². The molecule has 0 fully saturated rings. The molecule has 0 atom stereocenters. The number of hydrogen-bond donors (Lipinski definition) is 0. The van der Waals surface area contributed by atoms with E-state index in [1.54, 1.807) is 0 Å². The van der Waals surface area contributed by atoms with Gasteiger partial charge in [-0.2, -0.15) is 0 Å². The molecule has 0 aliphatic carbocycles. The molecule has 0 heterocycles. The lowest BCUT2D eigenvalue weighted by atomic mass is 10.0. The van der Waals surface area contributed by atoms with Crippen molar-refractivity contribution in [1.82, 2.24) is 0 Å². The fourth-order valence-corrected chi connectivity index (χ4v) is 10.6.